The van der Waals surface area contributed by atoms with E-state index in [-0.39, 0.29) is 25.8 Å². The number of carboxylic acid groups (broad SMARTS) is 1. The number of para-hydroxylation sites is 2. The van der Waals surface area contributed by atoms with Gasteiger partial charge in [0.15, 0.2) is 5.69 Å². The molecule has 5 nitrogen and oxygen atoms in total. The molecular weight excluding hydrogens is 506 g/mol. The van der Waals surface area contributed by atoms with Crippen LogP contribution in [0, 0.1) is 6.07 Å². The Morgan fingerprint density at radius 2 is 1.62 bits per heavy atom. The van der Waals surface area contributed by atoms with Crippen LogP contribution in [0.25, 0.3) is 22.3 Å². The van der Waals surface area contributed by atoms with Crippen molar-refractivity contribution in [2.75, 3.05) is 0 Å². The van der Waals surface area contributed by atoms with Crippen LogP contribution < -0.4 is 0 Å². The minimum absolute atomic E-state index is 0. The summed E-state index contributed by atoms with van der Waals surface area (Å²) in [6, 6.07) is 24.0. The van der Waals surface area contributed by atoms with Crippen molar-refractivity contribution < 1.29 is 30.0 Å². The van der Waals surface area contributed by atoms with Crippen LogP contribution in [0.15, 0.2) is 79.1 Å². The first-order chi connectivity index (χ1) is 12.2. The molecule has 4 aromatic rings. The third-order valence-electron chi connectivity index (χ3n) is 3.32. The summed E-state index contributed by atoms with van der Waals surface area (Å²) in [5, 5.41) is 8.64. The van der Waals surface area contributed by atoms with Crippen molar-refractivity contribution >= 4 is 17.0 Å². The monoisotopic (exact) mass is 521 g/mol. The minimum atomic E-state index is -1.06. The van der Waals surface area contributed by atoms with Gasteiger partial charge in [-0.05, 0) is 23.9 Å². The summed E-state index contributed by atoms with van der Waals surface area (Å²) in [6.07, 6.45) is 3.04. The normalized spacial score (nSPS) is 9.54. The first-order valence-corrected chi connectivity index (χ1v) is 7.57. The third kappa shape index (κ3) is 5.02. The number of hydrogen-bond acceptors (Lipinski definition) is 4. The van der Waals surface area contributed by atoms with Gasteiger partial charge in [-0.25, -0.2) is 9.78 Å². The fourth-order valence-corrected chi connectivity index (χ4v) is 2.13. The van der Waals surface area contributed by atoms with Crippen molar-refractivity contribution in [3.05, 3.63) is 90.9 Å². The van der Waals surface area contributed by atoms with Crippen LogP contribution in [-0.2, 0) is 20.1 Å². The van der Waals surface area contributed by atoms with Gasteiger partial charge in [0.05, 0.1) is 17.2 Å². The number of nitrogens with zero attached hydrogens (tertiary/aromatic N) is 3. The van der Waals surface area contributed by atoms with Crippen molar-refractivity contribution in [1.82, 2.24) is 15.0 Å². The Bertz CT molecular complexity index is 942. The second-order valence-corrected chi connectivity index (χ2v) is 5.04. The van der Waals surface area contributed by atoms with Gasteiger partial charge in [0, 0.05) is 26.3 Å². The van der Waals surface area contributed by atoms with E-state index in [0.29, 0.717) is 11.0 Å². The van der Waals surface area contributed by atoms with E-state index in [1.165, 1.54) is 6.20 Å². The Labute approximate surface area is 164 Å². The quantitative estimate of drug-likeness (QED) is 0.406. The molecule has 0 atom stereocenters. The van der Waals surface area contributed by atoms with Gasteiger partial charge in [-0.1, -0.05) is 24.3 Å². The number of carbonyl (C=O) groups is 1. The van der Waals surface area contributed by atoms with Gasteiger partial charge in [0.25, 0.3) is 0 Å². The number of aromatic nitrogens is 3. The van der Waals surface area contributed by atoms with Crippen LogP contribution in [0.4, 0.5) is 0 Å². The molecule has 0 aliphatic carbocycles. The number of pyridine rings is 1. The van der Waals surface area contributed by atoms with Crippen LogP contribution in [0.5, 0.6) is 0 Å². The molecule has 26 heavy (non-hydrogen) atoms. The maximum Gasteiger partial charge on any atom is 0.356 e. The van der Waals surface area contributed by atoms with Crippen molar-refractivity contribution in [1.29, 1.82) is 0 Å². The molecule has 0 aliphatic rings. The van der Waals surface area contributed by atoms with Crippen molar-refractivity contribution in [3.63, 3.8) is 0 Å². The molecule has 1 N–H and O–H groups in total. The summed E-state index contributed by atoms with van der Waals surface area (Å²) in [7, 11) is 0. The number of rotatable bonds is 2. The SMILES string of the molecule is O=C(O)c1cnc2ccccc2n1.[Ir].[c-]1ccccc1-c1ccccn1. The summed E-state index contributed by atoms with van der Waals surface area (Å²) in [5.41, 5.74) is 3.28. The van der Waals surface area contributed by atoms with E-state index < -0.39 is 5.97 Å². The molecule has 2 aromatic carbocycles. The van der Waals surface area contributed by atoms with Crippen molar-refractivity contribution in [2.24, 2.45) is 0 Å². The molecule has 4 rings (SSSR count). The second kappa shape index (κ2) is 9.51. The zero-order valence-electron chi connectivity index (χ0n) is 13.5. The summed E-state index contributed by atoms with van der Waals surface area (Å²) in [5.74, 6) is -1.06. The van der Waals surface area contributed by atoms with Gasteiger partial charge in [-0.2, -0.15) is 0 Å². The molecule has 6 heteroatoms. The largest absolute Gasteiger partial charge is 0.476 e. The molecule has 2 aromatic heterocycles. The standard InChI is InChI=1S/C11H8N.C9H6N2O2.Ir/c1-2-6-10(7-3-1)11-8-4-5-9-12-11;12-9(13)8-5-10-6-3-1-2-4-7(6)11-8;/h1-6,8-9H;1-5H,(H,12,13);/q-1;;. The Balaban J connectivity index is 0.000000180. The Morgan fingerprint density at radius 3 is 2.27 bits per heavy atom. The Kier molecular flexibility index (Phi) is 7.09. The van der Waals surface area contributed by atoms with Crippen LogP contribution in [-0.4, -0.2) is 26.0 Å². The zero-order chi connectivity index (χ0) is 17.5. The topological polar surface area (TPSA) is 76.0 Å². The molecule has 0 amide bonds. The van der Waals surface area contributed by atoms with E-state index >= 15 is 0 Å². The molecule has 2 heterocycles. The van der Waals surface area contributed by atoms with E-state index in [0.717, 1.165) is 11.3 Å². The molecule has 0 fully saturated rings. The van der Waals surface area contributed by atoms with Crippen molar-refractivity contribution in [3.8, 4) is 11.3 Å². The molecule has 131 valence electrons. The van der Waals surface area contributed by atoms with Gasteiger partial charge < -0.3 is 10.1 Å². The van der Waals surface area contributed by atoms with E-state index in [2.05, 4.69) is 21.0 Å². The summed E-state index contributed by atoms with van der Waals surface area (Å²) in [6.45, 7) is 0. The number of benzene rings is 2. The molecule has 0 aliphatic heterocycles. The zero-order valence-corrected chi connectivity index (χ0v) is 15.9. The van der Waals surface area contributed by atoms with Crippen LogP contribution in [0.1, 0.15) is 10.5 Å². The molecular formula is C20H14IrN3O2-. The summed E-state index contributed by atoms with van der Waals surface area (Å²) < 4.78 is 0. The average molecular weight is 521 g/mol. The number of carboxylic acids is 1. The first kappa shape index (κ1) is 19.4. The number of aromatic carboxylic acids is 1. The second-order valence-electron chi connectivity index (χ2n) is 5.04. The van der Waals surface area contributed by atoms with Gasteiger partial charge in [-0.15, -0.1) is 35.9 Å². The van der Waals surface area contributed by atoms with E-state index in [1.54, 1.807) is 24.4 Å². The third-order valence-corrected chi connectivity index (χ3v) is 3.32. The predicted molar refractivity (Wildman–Crippen MR) is 95.0 cm³/mol. The molecule has 0 spiro atoms. The molecule has 1 radical (unpaired) electrons. The maximum atomic E-state index is 10.5. The van der Waals surface area contributed by atoms with Crippen LogP contribution >= 0.6 is 0 Å². The molecule has 0 saturated carbocycles. The van der Waals surface area contributed by atoms with Crippen LogP contribution in [0.2, 0.25) is 0 Å². The van der Waals surface area contributed by atoms with Gasteiger partial charge in [0.1, 0.15) is 0 Å². The fraction of sp³-hybridized carbons (Fsp3) is 0. The van der Waals surface area contributed by atoms with E-state index in [1.807, 2.05) is 48.5 Å². The summed E-state index contributed by atoms with van der Waals surface area (Å²) in [4.78, 5) is 22.6. The van der Waals surface area contributed by atoms with E-state index in [4.69, 9.17) is 5.11 Å². The Morgan fingerprint density at radius 1 is 0.885 bits per heavy atom. The number of fused-ring (bicyclic) bond motifs is 1. The first-order valence-electron chi connectivity index (χ1n) is 7.57. The maximum absolute atomic E-state index is 10.5. The van der Waals surface area contributed by atoms with Crippen LogP contribution in [0.3, 0.4) is 0 Å². The van der Waals surface area contributed by atoms with Gasteiger partial charge >= 0.3 is 5.97 Å². The number of hydrogen-bond donors (Lipinski definition) is 1. The molecule has 0 saturated heterocycles. The van der Waals surface area contributed by atoms with Gasteiger partial charge in [0.2, 0.25) is 0 Å². The minimum Gasteiger partial charge on any atom is -0.476 e. The molecule has 0 bridgehead atoms. The predicted octanol–water partition coefficient (Wildman–Crippen LogP) is 3.87. The molecule has 0 unspecified atom stereocenters. The smallest absolute Gasteiger partial charge is 0.356 e. The van der Waals surface area contributed by atoms with Gasteiger partial charge in [-0.3, -0.25) is 4.98 Å². The fourth-order valence-electron chi connectivity index (χ4n) is 2.13. The Hall–Kier alpha value is -2.95. The summed E-state index contributed by atoms with van der Waals surface area (Å²) >= 11 is 0. The average Bonchev–Trinajstić information content (AvgIpc) is 2.69. The van der Waals surface area contributed by atoms with Crippen molar-refractivity contribution in [2.45, 2.75) is 0 Å². The van der Waals surface area contributed by atoms with E-state index in [9.17, 15) is 4.79 Å².